The van der Waals surface area contributed by atoms with E-state index in [0.29, 0.717) is 12.2 Å². The van der Waals surface area contributed by atoms with Crippen LogP contribution < -0.4 is 10.5 Å². The second-order valence-corrected chi connectivity index (χ2v) is 6.61. The quantitative estimate of drug-likeness (QED) is 0.751. The number of primary sulfonamides is 1. The summed E-state index contributed by atoms with van der Waals surface area (Å²) in [7, 11) is -3.70. The molecule has 0 amide bonds. The summed E-state index contributed by atoms with van der Waals surface area (Å²) in [4.78, 5) is 0.0905. The Morgan fingerprint density at radius 3 is 2.65 bits per heavy atom. The van der Waals surface area contributed by atoms with Crippen LogP contribution in [0.3, 0.4) is 0 Å². The van der Waals surface area contributed by atoms with Gasteiger partial charge in [-0.25, -0.2) is 18.2 Å². The van der Waals surface area contributed by atoms with Gasteiger partial charge in [0.15, 0.2) is 0 Å². The van der Waals surface area contributed by atoms with Crippen molar-refractivity contribution in [3.05, 3.63) is 72.6 Å². The van der Waals surface area contributed by atoms with Crippen LogP contribution in [-0.2, 0) is 16.6 Å². The lowest BCUT2D eigenvalue weighted by atomic mass is 10.2. The molecule has 0 bridgehead atoms. The van der Waals surface area contributed by atoms with E-state index in [-0.39, 0.29) is 4.90 Å². The summed E-state index contributed by atoms with van der Waals surface area (Å²) >= 11 is 0. The third-order valence-corrected chi connectivity index (χ3v) is 4.25. The topological polar surface area (TPSA) is 90.0 Å². The lowest BCUT2D eigenvalue weighted by Gasteiger charge is -2.09. The highest BCUT2D eigenvalue weighted by Gasteiger charge is 2.07. The lowest BCUT2D eigenvalue weighted by molar-refractivity contribution is 0.598. The molecular formula is C16H16N4O2S. The third kappa shape index (κ3) is 3.77. The summed E-state index contributed by atoms with van der Waals surface area (Å²) in [6.07, 6.45) is 3.60. The highest BCUT2D eigenvalue weighted by molar-refractivity contribution is 7.89. The van der Waals surface area contributed by atoms with Gasteiger partial charge in [0.1, 0.15) is 0 Å². The Labute approximate surface area is 134 Å². The van der Waals surface area contributed by atoms with Crippen LogP contribution in [0.2, 0.25) is 0 Å². The fourth-order valence-electron chi connectivity index (χ4n) is 2.22. The maximum atomic E-state index is 11.4. The van der Waals surface area contributed by atoms with E-state index in [9.17, 15) is 8.42 Å². The van der Waals surface area contributed by atoms with Gasteiger partial charge in [-0.2, -0.15) is 5.10 Å². The molecule has 118 valence electrons. The molecule has 7 heteroatoms. The number of anilines is 1. The molecule has 6 nitrogen and oxygen atoms in total. The predicted octanol–water partition coefficient (Wildman–Crippen LogP) is 2.13. The van der Waals surface area contributed by atoms with E-state index in [2.05, 4.69) is 10.4 Å². The van der Waals surface area contributed by atoms with E-state index in [1.165, 1.54) is 12.1 Å². The van der Waals surface area contributed by atoms with Gasteiger partial charge in [-0.3, -0.25) is 0 Å². The van der Waals surface area contributed by atoms with E-state index in [1.54, 1.807) is 23.0 Å². The van der Waals surface area contributed by atoms with Crippen molar-refractivity contribution in [3.63, 3.8) is 0 Å². The second-order valence-electron chi connectivity index (χ2n) is 5.05. The van der Waals surface area contributed by atoms with Crippen LogP contribution in [0, 0.1) is 0 Å². The summed E-state index contributed by atoms with van der Waals surface area (Å²) in [6.45, 7) is 0.559. The number of nitrogens with two attached hydrogens (primary N) is 1. The number of nitrogens with one attached hydrogen (secondary N) is 1. The largest absolute Gasteiger partial charge is 0.381 e. The van der Waals surface area contributed by atoms with Crippen LogP contribution in [0.5, 0.6) is 0 Å². The van der Waals surface area contributed by atoms with Gasteiger partial charge in [0.05, 0.1) is 10.6 Å². The molecular weight excluding hydrogens is 312 g/mol. The standard InChI is InChI=1S/C16H16N4O2S/c17-23(21,22)16-7-2-5-14(11-16)18-12-13-4-1-6-15(10-13)20-9-3-8-19-20/h1-11,18H,12H2,(H2,17,21,22). The molecule has 23 heavy (non-hydrogen) atoms. The van der Waals surface area contributed by atoms with E-state index >= 15 is 0 Å². The third-order valence-electron chi connectivity index (χ3n) is 3.34. The highest BCUT2D eigenvalue weighted by Crippen LogP contribution is 2.16. The number of hydrogen-bond donors (Lipinski definition) is 2. The normalized spacial score (nSPS) is 11.3. The molecule has 3 rings (SSSR count). The minimum Gasteiger partial charge on any atom is -0.381 e. The number of aromatic nitrogens is 2. The number of nitrogens with zero attached hydrogens (tertiary/aromatic N) is 2. The molecule has 3 N–H and O–H groups in total. The van der Waals surface area contributed by atoms with E-state index < -0.39 is 10.0 Å². The van der Waals surface area contributed by atoms with Crippen molar-refractivity contribution in [2.45, 2.75) is 11.4 Å². The van der Waals surface area contributed by atoms with Gasteiger partial charge >= 0.3 is 0 Å². The first kappa shape index (κ1) is 15.3. The minimum atomic E-state index is -3.70. The van der Waals surface area contributed by atoms with Crippen LogP contribution in [0.4, 0.5) is 5.69 Å². The van der Waals surface area contributed by atoms with Crippen molar-refractivity contribution < 1.29 is 8.42 Å². The average molecular weight is 328 g/mol. The summed E-state index contributed by atoms with van der Waals surface area (Å²) in [5, 5.41) is 12.5. The van der Waals surface area contributed by atoms with E-state index in [0.717, 1.165) is 11.3 Å². The van der Waals surface area contributed by atoms with Gasteiger partial charge in [-0.15, -0.1) is 0 Å². The Kier molecular flexibility index (Phi) is 4.14. The van der Waals surface area contributed by atoms with Crippen molar-refractivity contribution in [1.82, 2.24) is 9.78 Å². The molecule has 0 unspecified atom stereocenters. The van der Waals surface area contributed by atoms with E-state index in [1.807, 2.05) is 36.5 Å². The lowest BCUT2D eigenvalue weighted by Crippen LogP contribution is -2.12. The predicted molar refractivity (Wildman–Crippen MR) is 88.7 cm³/mol. The average Bonchev–Trinajstić information content (AvgIpc) is 3.07. The zero-order valence-electron chi connectivity index (χ0n) is 12.3. The molecule has 1 aromatic heterocycles. The van der Waals surface area contributed by atoms with Crippen LogP contribution >= 0.6 is 0 Å². The Hall–Kier alpha value is -2.64. The van der Waals surface area contributed by atoms with Crippen molar-refractivity contribution in [2.75, 3.05) is 5.32 Å². The summed E-state index contributed by atoms with van der Waals surface area (Å²) in [5.74, 6) is 0. The zero-order valence-corrected chi connectivity index (χ0v) is 13.1. The maximum Gasteiger partial charge on any atom is 0.238 e. The molecule has 2 aromatic carbocycles. The Balaban J connectivity index is 1.75. The Bertz CT molecular complexity index is 905. The van der Waals surface area contributed by atoms with Gasteiger partial charge < -0.3 is 5.32 Å². The van der Waals surface area contributed by atoms with Gasteiger partial charge in [-0.1, -0.05) is 18.2 Å². The smallest absolute Gasteiger partial charge is 0.238 e. The van der Waals surface area contributed by atoms with Crippen LogP contribution in [0.1, 0.15) is 5.56 Å². The molecule has 0 spiro atoms. The fourth-order valence-corrected chi connectivity index (χ4v) is 2.78. The number of hydrogen-bond acceptors (Lipinski definition) is 4. The molecule has 0 aliphatic heterocycles. The summed E-state index contributed by atoms with van der Waals surface area (Å²) in [5.41, 5.74) is 2.72. The first-order valence-electron chi connectivity index (χ1n) is 6.98. The fraction of sp³-hybridized carbons (Fsp3) is 0.0625. The summed E-state index contributed by atoms with van der Waals surface area (Å²) < 4.78 is 24.5. The minimum absolute atomic E-state index is 0.0905. The van der Waals surface area contributed by atoms with Gasteiger partial charge in [-0.05, 0) is 42.0 Å². The second kappa shape index (κ2) is 6.23. The number of rotatable bonds is 5. The molecule has 3 aromatic rings. The monoisotopic (exact) mass is 328 g/mol. The Morgan fingerprint density at radius 2 is 1.91 bits per heavy atom. The summed E-state index contributed by atoms with van der Waals surface area (Å²) in [6, 6.07) is 16.2. The molecule has 0 radical (unpaired) electrons. The van der Waals surface area contributed by atoms with Crippen LogP contribution in [0.25, 0.3) is 5.69 Å². The maximum absolute atomic E-state index is 11.4. The number of sulfonamides is 1. The first-order chi connectivity index (χ1) is 11.0. The van der Waals surface area contributed by atoms with Crippen molar-refractivity contribution >= 4 is 15.7 Å². The van der Waals surface area contributed by atoms with Crippen molar-refractivity contribution in [3.8, 4) is 5.69 Å². The molecule has 0 saturated heterocycles. The van der Waals surface area contributed by atoms with Crippen LogP contribution in [0.15, 0.2) is 71.9 Å². The molecule has 0 atom stereocenters. The van der Waals surface area contributed by atoms with Gasteiger partial charge in [0.25, 0.3) is 0 Å². The first-order valence-corrected chi connectivity index (χ1v) is 8.53. The molecule has 0 aliphatic carbocycles. The van der Waals surface area contributed by atoms with Crippen molar-refractivity contribution in [1.29, 1.82) is 0 Å². The SMILES string of the molecule is NS(=O)(=O)c1cccc(NCc2cccc(-n3cccn3)c2)c1. The van der Waals surface area contributed by atoms with E-state index in [4.69, 9.17) is 5.14 Å². The molecule has 0 aliphatic rings. The highest BCUT2D eigenvalue weighted by atomic mass is 32.2. The van der Waals surface area contributed by atoms with Crippen LogP contribution in [-0.4, -0.2) is 18.2 Å². The zero-order chi connectivity index (χ0) is 16.3. The molecule has 0 saturated carbocycles. The number of benzene rings is 2. The van der Waals surface area contributed by atoms with Crippen molar-refractivity contribution in [2.24, 2.45) is 5.14 Å². The molecule has 1 heterocycles. The van der Waals surface area contributed by atoms with Gasteiger partial charge in [0, 0.05) is 24.6 Å². The van der Waals surface area contributed by atoms with Gasteiger partial charge in [0.2, 0.25) is 10.0 Å². The molecule has 0 fully saturated rings. The Morgan fingerprint density at radius 1 is 1.09 bits per heavy atom.